The summed E-state index contributed by atoms with van der Waals surface area (Å²) in [5.41, 5.74) is 0. The first-order valence-corrected chi connectivity index (χ1v) is 7.60. The van der Waals surface area contributed by atoms with E-state index in [1.807, 2.05) is 0 Å². The van der Waals surface area contributed by atoms with Crippen LogP contribution in [0.25, 0.3) is 0 Å². The summed E-state index contributed by atoms with van der Waals surface area (Å²) in [6.07, 6.45) is 8.36. The molecule has 5 heteroatoms. The van der Waals surface area contributed by atoms with Crippen LogP contribution in [0.1, 0.15) is 39.0 Å². The second-order valence-corrected chi connectivity index (χ2v) is 5.72. The number of rotatable bonds is 7. The zero-order valence-corrected chi connectivity index (χ0v) is 11.3. The average molecular weight is 254 g/mol. The lowest BCUT2D eigenvalue weighted by molar-refractivity contribution is 0.387. The van der Waals surface area contributed by atoms with Crippen LogP contribution in [-0.2, 0) is 0 Å². The monoisotopic (exact) mass is 254 g/mol. The smallest absolute Gasteiger partial charge is 0.183 e. The van der Waals surface area contributed by atoms with Crippen LogP contribution in [0.5, 0.6) is 0 Å². The highest BCUT2D eigenvalue weighted by atomic mass is 32.2. The zero-order chi connectivity index (χ0) is 11.9. The van der Waals surface area contributed by atoms with Crippen molar-refractivity contribution in [3.8, 4) is 0 Å². The molecule has 2 N–H and O–H groups in total. The van der Waals surface area contributed by atoms with Gasteiger partial charge in [-0.2, -0.15) is 5.10 Å². The lowest BCUT2D eigenvalue weighted by atomic mass is 10.00. The molecule has 0 saturated heterocycles. The van der Waals surface area contributed by atoms with Crippen molar-refractivity contribution in [3.05, 3.63) is 6.33 Å². The van der Waals surface area contributed by atoms with E-state index >= 15 is 0 Å². The van der Waals surface area contributed by atoms with Crippen LogP contribution < -0.4 is 5.32 Å². The molecule has 96 valence electrons. The topological polar surface area (TPSA) is 53.6 Å². The Balaban J connectivity index is 1.81. The van der Waals surface area contributed by atoms with Crippen molar-refractivity contribution < 1.29 is 0 Å². The average Bonchev–Trinajstić information content (AvgIpc) is 3.01. The number of nitrogens with zero attached hydrogens (tertiary/aromatic N) is 2. The van der Waals surface area contributed by atoms with Gasteiger partial charge in [-0.1, -0.05) is 31.5 Å². The third-order valence-corrected chi connectivity index (χ3v) is 4.41. The summed E-state index contributed by atoms with van der Waals surface area (Å²) in [6, 6.07) is 0.632. The molecule has 4 nitrogen and oxygen atoms in total. The minimum absolute atomic E-state index is 0.632. The molecule has 0 spiro atoms. The minimum Gasteiger partial charge on any atom is -0.313 e. The molecule has 1 aliphatic rings. The van der Waals surface area contributed by atoms with Gasteiger partial charge in [0.15, 0.2) is 5.16 Å². The zero-order valence-electron chi connectivity index (χ0n) is 10.5. The van der Waals surface area contributed by atoms with Crippen molar-refractivity contribution in [2.75, 3.05) is 12.3 Å². The molecule has 2 rings (SSSR count). The van der Waals surface area contributed by atoms with Gasteiger partial charge in [-0.3, -0.25) is 5.10 Å². The van der Waals surface area contributed by atoms with Crippen LogP contribution >= 0.6 is 11.8 Å². The Morgan fingerprint density at radius 1 is 1.53 bits per heavy atom. The molecule has 0 aliphatic heterocycles. The van der Waals surface area contributed by atoms with Crippen LogP contribution in [-0.4, -0.2) is 33.5 Å². The molecule has 1 heterocycles. The summed E-state index contributed by atoms with van der Waals surface area (Å²) < 4.78 is 0. The van der Waals surface area contributed by atoms with E-state index in [0.29, 0.717) is 6.04 Å². The summed E-state index contributed by atoms with van der Waals surface area (Å²) in [5, 5.41) is 11.4. The van der Waals surface area contributed by atoms with Gasteiger partial charge in [0, 0.05) is 11.8 Å². The summed E-state index contributed by atoms with van der Waals surface area (Å²) in [7, 11) is 0. The predicted octanol–water partition coefficient (Wildman–Crippen LogP) is 2.46. The Kier molecular flexibility index (Phi) is 5.32. The molecule has 17 heavy (non-hydrogen) atoms. The Bertz CT molecular complexity index is 295. The maximum atomic E-state index is 4.16. The molecular formula is C12H22N4S. The molecule has 1 saturated carbocycles. The molecule has 1 aromatic rings. The van der Waals surface area contributed by atoms with Crippen molar-refractivity contribution >= 4 is 11.8 Å². The first-order valence-electron chi connectivity index (χ1n) is 6.61. The molecule has 1 unspecified atom stereocenters. The number of hydrogen-bond donors (Lipinski definition) is 2. The molecule has 0 radical (unpaired) electrons. The van der Waals surface area contributed by atoms with Crippen LogP contribution in [0.4, 0.5) is 0 Å². The maximum absolute atomic E-state index is 4.16. The lowest BCUT2D eigenvalue weighted by Gasteiger charge is -2.23. The number of aromatic nitrogens is 3. The quantitative estimate of drug-likeness (QED) is 0.734. The fourth-order valence-electron chi connectivity index (χ4n) is 2.48. The Labute approximate surface area is 107 Å². The Morgan fingerprint density at radius 2 is 2.35 bits per heavy atom. The third-order valence-electron chi connectivity index (χ3n) is 3.42. The van der Waals surface area contributed by atoms with Gasteiger partial charge in [-0.15, -0.1) is 0 Å². The number of nitrogens with one attached hydrogen (secondary N) is 2. The van der Waals surface area contributed by atoms with Gasteiger partial charge < -0.3 is 5.32 Å². The second kappa shape index (κ2) is 7.01. The number of thioether (sulfide) groups is 1. The normalized spacial score (nSPS) is 18.6. The lowest BCUT2D eigenvalue weighted by Crippen LogP contribution is -2.37. The summed E-state index contributed by atoms with van der Waals surface area (Å²) in [6.45, 7) is 3.35. The molecule has 0 bridgehead atoms. The van der Waals surface area contributed by atoms with E-state index in [1.54, 1.807) is 18.1 Å². The summed E-state index contributed by atoms with van der Waals surface area (Å²) >= 11 is 1.78. The number of hydrogen-bond acceptors (Lipinski definition) is 4. The maximum Gasteiger partial charge on any atom is 0.183 e. The predicted molar refractivity (Wildman–Crippen MR) is 71.1 cm³/mol. The summed E-state index contributed by atoms with van der Waals surface area (Å²) in [5.74, 6) is 1.96. The van der Waals surface area contributed by atoms with Gasteiger partial charge in [-0.05, 0) is 31.7 Å². The SMILES string of the molecule is CCCNC(CSc1ncn[nH]1)C1CCCC1. The van der Waals surface area contributed by atoms with Gasteiger partial charge in [0.1, 0.15) is 6.33 Å². The first kappa shape index (κ1) is 12.9. The van der Waals surface area contributed by atoms with Crippen LogP contribution in [0.15, 0.2) is 11.5 Å². The van der Waals surface area contributed by atoms with Crippen molar-refractivity contribution in [2.24, 2.45) is 5.92 Å². The van der Waals surface area contributed by atoms with E-state index in [1.165, 1.54) is 32.1 Å². The van der Waals surface area contributed by atoms with E-state index in [9.17, 15) is 0 Å². The van der Waals surface area contributed by atoms with Crippen molar-refractivity contribution in [3.63, 3.8) is 0 Å². The molecule has 1 aromatic heterocycles. The number of H-pyrrole nitrogens is 1. The van der Waals surface area contributed by atoms with Gasteiger partial charge in [0.25, 0.3) is 0 Å². The molecule has 0 aromatic carbocycles. The van der Waals surface area contributed by atoms with Crippen molar-refractivity contribution in [2.45, 2.75) is 50.2 Å². The third kappa shape index (κ3) is 4.00. The van der Waals surface area contributed by atoms with Crippen LogP contribution in [0, 0.1) is 5.92 Å². The standard InChI is InChI=1S/C12H22N4S/c1-2-7-13-11(10-5-3-4-6-10)8-17-12-14-9-15-16-12/h9-11,13H,2-8H2,1H3,(H,14,15,16). The van der Waals surface area contributed by atoms with Gasteiger partial charge in [-0.25, -0.2) is 4.98 Å². The van der Waals surface area contributed by atoms with Crippen LogP contribution in [0.2, 0.25) is 0 Å². The largest absolute Gasteiger partial charge is 0.313 e. The van der Waals surface area contributed by atoms with Gasteiger partial charge >= 0.3 is 0 Å². The molecular weight excluding hydrogens is 232 g/mol. The fraction of sp³-hybridized carbons (Fsp3) is 0.833. The highest BCUT2D eigenvalue weighted by Crippen LogP contribution is 2.30. The number of aromatic amines is 1. The van der Waals surface area contributed by atoms with E-state index in [-0.39, 0.29) is 0 Å². The highest BCUT2D eigenvalue weighted by Gasteiger charge is 2.24. The fourth-order valence-corrected chi connectivity index (χ4v) is 3.45. The minimum atomic E-state index is 0.632. The summed E-state index contributed by atoms with van der Waals surface area (Å²) in [4.78, 5) is 4.16. The molecule has 1 atom stereocenters. The van der Waals surface area contributed by atoms with E-state index in [2.05, 4.69) is 27.4 Å². The second-order valence-electron chi connectivity index (χ2n) is 4.71. The van der Waals surface area contributed by atoms with E-state index in [4.69, 9.17) is 0 Å². The van der Waals surface area contributed by atoms with E-state index in [0.717, 1.165) is 23.4 Å². The van der Waals surface area contributed by atoms with E-state index < -0.39 is 0 Å². The molecule has 1 aliphatic carbocycles. The Morgan fingerprint density at radius 3 is 3.00 bits per heavy atom. The first-order chi connectivity index (χ1) is 8.40. The van der Waals surface area contributed by atoms with Crippen molar-refractivity contribution in [1.29, 1.82) is 0 Å². The van der Waals surface area contributed by atoms with Crippen LogP contribution in [0.3, 0.4) is 0 Å². The highest BCUT2D eigenvalue weighted by molar-refractivity contribution is 7.99. The Hall–Kier alpha value is -0.550. The van der Waals surface area contributed by atoms with Gasteiger partial charge in [0.2, 0.25) is 0 Å². The molecule has 1 fully saturated rings. The van der Waals surface area contributed by atoms with Crippen molar-refractivity contribution in [1.82, 2.24) is 20.5 Å². The molecule has 0 amide bonds. The van der Waals surface area contributed by atoms with Gasteiger partial charge in [0.05, 0.1) is 0 Å².